The number of aliphatic imine (C=N–C) groups is 1. The van der Waals surface area contributed by atoms with Crippen LogP contribution in [0.2, 0.25) is 0 Å². The van der Waals surface area contributed by atoms with Gasteiger partial charge in [-0.25, -0.2) is 4.39 Å². The van der Waals surface area contributed by atoms with Crippen molar-refractivity contribution in [3.63, 3.8) is 0 Å². The molecule has 2 rings (SSSR count). The molecule has 1 atom stereocenters. The number of hydrogen-bond acceptors (Lipinski definition) is 3. The topological polar surface area (TPSA) is 39.7 Å². The minimum Gasteiger partial charge on any atom is -0.356 e. The Balaban J connectivity index is 0.00000338. The van der Waals surface area contributed by atoms with Gasteiger partial charge in [0.1, 0.15) is 5.82 Å². The third-order valence-electron chi connectivity index (χ3n) is 3.88. The number of rotatable bonds is 7. The molecule has 0 aliphatic rings. The molecule has 0 bridgehead atoms. The van der Waals surface area contributed by atoms with Crippen molar-refractivity contribution in [3.05, 3.63) is 57.5 Å². The summed E-state index contributed by atoms with van der Waals surface area (Å²) in [5.41, 5.74) is 1.74. The molecule has 0 fully saturated rings. The van der Waals surface area contributed by atoms with E-state index in [0.717, 1.165) is 18.1 Å². The lowest BCUT2D eigenvalue weighted by atomic mass is 10.1. The molecule has 1 unspecified atom stereocenters. The molecule has 1 aromatic heterocycles. The fourth-order valence-electron chi connectivity index (χ4n) is 2.53. The summed E-state index contributed by atoms with van der Waals surface area (Å²) in [5, 5.41) is 8.74. The van der Waals surface area contributed by atoms with E-state index >= 15 is 0 Å². The van der Waals surface area contributed by atoms with Crippen molar-refractivity contribution in [3.8, 4) is 0 Å². The monoisotopic (exact) mass is 490 g/mol. The maximum atomic E-state index is 13.9. The highest BCUT2D eigenvalue weighted by Crippen LogP contribution is 2.19. The molecule has 26 heavy (non-hydrogen) atoms. The first-order valence-corrected chi connectivity index (χ1v) is 9.27. The van der Waals surface area contributed by atoms with E-state index in [1.807, 2.05) is 31.1 Å². The van der Waals surface area contributed by atoms with Gasteiger partial charge in [0.2, 0.25) is 0 Å². The molecule has 0 radical (unpaired) electrons. The normalized spacial score (nSPS) is 12.6. The van der Waals surface area contributed by atoms with Crippen LogP contribution in [0.5, 0.6) is 0 Å². The molecule has 4 nitrogen and oxygen atoms in total. The van der Waals surface area contributed by atoms with Gasteiger partial charge in [0.25, 0.3) is 0 Å². The Labute approximate surface area is 176 Å². The smallest absolute Gasteiger partial charge is 0.191 e. The zero-order chi connectivity index (χ0) is 18.2. The second-order valence-corrected chi connectivity index (χ2v) is 7.37. The van der Waals surface area contributed by atoms with Crippen LogP contribution in [0.25, 0.3) is 0 Å². The van der Waals surface area contributed by atoms with E-state index in [9.17, 15) is 4.39 Å². The van der Waals surface area contributed by atoms with Gasteiger partial charge in [-0.05, 0) is 43.2 Å². The Morgan fingerprint density at radius 2 is 2.04 bits per heavy atom. The van der Waals surface area contributed by atoms with E-state index < -0.39 is 0 Å². The van der Waals surface area contributed by atoms with Crippen LogP contribution in [0.3, 0.4) is 0 Å². The van der Waals surface area contributed by atoms with Gasteiger partial charge in [-0.15, -0.1) is 35.3 Å². The molecule has 0 aliphatic carbocycles. The van der Waals surface area contributed by atoms with E-state index in [-0.39, 0.29) is 29.8 Å². The minimum atomic E-state index is -0.162. The molecule has 144 valence electrons. The quantitative estimate of drug-likeness (QED) is 0.350. The molecular formula is C19H28FIN4S. The molecule has 0 saturated carbocycles. The molecular weight excluding hydrogens is 462 g/mol. The number of thiophene rings is 1. The summed E-state index contributed by atoms with van der Waals surface area (Å²) in [7, 11) is 5.63. The lowest BCUT2D eigenvalue weighted by Gasteiger charge is -2.16. The number of nitrogens with zero attached hydrogens (tertiary/aromatic N) is 2. The van der Waals surface area contributed by atoms with Gasteiger partial charge < -0.3 is 15.5 Å². The maximum Gasteiger partial charge on any atom is 0.191 e. The van der Waals surface area contributed by atoms with Crippen LogP contribution >= 0.6 is 35.3 Å². The highest BCUT2D eigenvalue weighted by molar-refractivity contribution is 14.0. The van der Waals surface area contributed by atoms with Crippen LogP contribution in [0.1, 0.15) is 28.8 Å². The van der Waals surface area contributed by atoms with Crippen LogP contribution in [0.15, 0.2) is 40.7 Å². The molecule has 0 saturated heterocycles. The molecule has 2 N–H and O–H groups in total. The standard InChI is InChI=1S/C19H27FN4S.HI/c1-14(18-6-5-9-25-18)11-22-19(21-2)23-12-15-7-8-17(20)16(10-15)13-24(3)4;/h5-10,14H,11-13H2,1-4H3,(H2,21,22,23);1H. The number of halogens is 2. The van der Waals surface area contributed by atoms with Crippen molar-refractivity contribution in [2.45, 2.75) is 25.9 Å². The summed E-state index contributed by atoms with van der Waals surface area (Å²) in [5.74, 6) is 1.02. The van der Waals surface area contributed by atoms with Crippen molar-refractivity contribution >= 4 is 41.3 Å². The summed E-state index contributed by atoms with van der Waals surface area (Å²) >= 11 is 1.77. The highest BCUT2D eigenvalue weighted by Gasteiger charge is 2.08. The summed E-state index contributed by atoms with van der Waals surface area (Å²) in [6.07, 6.45) is 0. The Hall–Kier alpha value is -1.19. The zero-order valence-electron chi connectivity index (χ0n) is 15.8. The number of nitrogens with one attached hydrogen (secondary N) is 2. The van der Waals surface area contributed by atoms with E-state index in [2.05, 4.69) is 40.1 Å². The van der Waals surface area contributed by atoms with E-state index in [1.54, 1.807) is 18.4 Å². The summed E-state index contributed by atoms with van der Waals surface area (Å²) in [6.45, 7) is 4.20. The van der Waals surface area contributed by atoms with Crippen LogP contribution in [0.4, 0.5) is 4.39 Å². The highest BCUT2D eigenvalue weighted by atomic mass is 127. The zero-order valence-corrected chi connectivity index (χ0v) is 18.9. The van der Waals surface area contributed by atoms with Crippen molar-refractivity contribution in [1.29, 1.82) is 0 Å². The SMILES string of the molecule is CN=C(NCc1ccc(F)c(CN(C)C)c1)NCC(C)c1cccs1.I. The van der Waals surface area contributed by atoms with Gasteiger partial charge >= 0.3 is 0 Å². The molecule has 0 spiro atoms. The second-order valence-electron chi connectivity index (χ2n) is 6.39. The minimum absolute atomic E-state index is 0. The van der Waals surface area contributed by atoms with Crippen molar-refractivity contribution < 1.29 is 4.39 Å². The maximum absolute atomic E-state index is 13.9. The lowest BCUT2D eigenvalue weighted by Crippen LogP contribution is -2.38. The van der Waals surface area contributed by atoms with Crippen LogP contribution in [0, 0.1) is 5.82 Å². The fraction of sp³-hybridized carbons (Fsp3) is 0.421. The van der Waals surface area contributed by atoms with E-state index in [4.69, 9.17) is 0 Å². The molecule has 0 aliphatic heterocycles. The molecule has 0 amide bonds. The lowest BCUT2D eigenvalue weighted by molar-refractivity contribution is 0.392. The summed E-state index contributed by atoms with van der Waals surface area (Å²) in [6, 6.07) is 9.47. The summed E-state index contributed by atoms with van der Waals surface area (Å²) in [4.78, 5) is 7.58. The van der Waals surface area contributed by atoms with Gasteiger partial charge in [-0.1, -0.05) is 19.1 Å². The average Bonchev–Trinajstić information content (AvgIpc) is 3.11. The third-order valence-corrected chi connectivity index (χ3v) is 4.99. The van der Waals surface area contributed by atoms with E-state index in [1.165, 1.54) is 10.9 Å². The first-order valence-electron chi connectivity index (χ1n) is 8.39. The van der Waals surface area contributed by atoms with Crippen LogP contribution < -0.4 is 10.6 Å². The second kappa shape index (κ2) is 11.5. The summed E-state index contributed by atoms with van der Waals surface area (Å²) < 4.78 is 13.9. The first kappa shape index (κ1) is 22.9. The van der Waals surface area contributed by atoms with Crippen LogP contribution in [-0.2, 0) is 13.1 Å². The Morgan fingerprint density at radius 1 is 1.27 bits per heavy atom. The number of hydrogen-bond donors (Lipinski definition) is 2. The van der Waals surface area contributed by atoms with Crippen LogP contribution in [-0.4, -0.2) is 38.5 Å². The molecule has 1 heterocycles. The fourth-order valence-corrected chi connectivity index (χ4v) is 3.32. The van der Waals surface area contributed by atoms with Gasteiger partial charge in [0.15, 0.2) is 5.96 Å². The Bertz CT molecular complexity index is 689. The molecule has 2 aromatic rings. The number of guanidine groups is 1. The molecule has 1 aromatic carbocycles. The largest absolute Gasteiger partial charge is 0.356 e. The van der Waals surface area contributed by atoms with Crippen molar-refractivity contribution in [2.75, 3.05) is 27.7 Å². The van der Waals surface area contributed by atoms with Gasteiger partial charge in [0, 0.05) is 43.0 Å². The van der Waals surface area contributed by atoms with Crippen molar-refractivity contribution in [2.24, 2.45) is 4.99 Å². The Kier molecular flexibility index (Phi) is 10.1. The van der Waals surface area contributed by atoms with E-state index in [0.29, 0.717) is 24.6 Å². The number of benzene rings is 1. The Morgan fingerprint density at radius 3 is 2.65 bits per heavy atom. The van der Waals surface area contributed by atoms with Gasteiger partial charge in [-0.3, -0.25) is 4.99 Å². The van der Waals surface area contributed by atoms with Gasteiger partial charge in [-0.2, -0.15) is 0 Å². The molecule has 7 heteroatoms. The average molecular weight is 490 g/mol. The predicted molar refractivity (Wildman–Crippen MR) is 120 cm³/mol. The predicted octanol–water partition coefficient (Wildman–Crippen LogP) is 4.04. The third kappa shape index (κ3) is 7.20. The van der Waals surface area contributed by atoms with Crippen molar-refractivity contribution in [1.82, 2.24) is 15.5 Å². The first-order chi connectivity index (χ1) is 12.0. The van der Waals surface area contributed by atoms with Gasteiger partial charge in [0.05, 0.1) is 0 Å².